The van der Waals surface area contributed by atoms with E-state index < -0.39 is 10.1 Å². The minimum Gasteiger partial charge on any atom is -0.744 e. The molecular weight excluding hydrogens is 581 g/mol. The monoisotopic (exact) mass is 631 g/mol. The number of aryl methyl sites for hydroxylation is 1. The molecule has 2 rings (SSSR count). The third-order valence-electron chi connectivity index (χ3n) is 7.64. The molecule has 2 unspecified atom stereocenters. The van der Waals surface area contributed by atoms with Crippen LogP contribution in [0.3, 0.4) is 0 Å². The summed E-state index contributed by atoms with van der Waals surface area (Å²) < 4.78 is 35.6. The van der Waals surface area contributed by atoms with Crippen molar-refractivity contribution in [1.29, 1.82) is 0 Å². The zero-order valence-electron chi connectivity index (χ0n) is 23.1. The summed E-state index contributed by atoms with van der Waals surface area (Å²) in [6, 6.07) is 6.60. The first-order valence-corrected chi connectivity index (χ1v) is 16.7. The maximum Gasteiger partial charge on any atom is 0.141 e. The van der Waals surface area contributed by atoms with Crippen molar-refractivity contribution in [2.75, 3.05) is 19.6 Å². The van der Waals surface area contributed by atoms with Crippen LogP contribution in [0.15, 0.2) is 29.2 Å². The van der Waals surface area contributed by atoms with E-state index in [1.165, 1.54) is 126 Å². The molecule has 0 saturated carbocycles. The fourth-order valence-corrected chi connectivity index (χ4v) is 5.81. The smallest absolute Gasteiger partial charge is 0.141 e. The molecule has 0 spiro atoms. The molecule has 0 N–H and O–H groups in total. The van der Waals surface area contributed by atoms with Crippen LogP contribution < -0.4 is 0 Å². The highest BCUT2D eigenvalue weighted by molar-refractivity contribution is 14.1. The maximum atomic E-state index is 10.4. The number of rotatable bonds is 15. The summed E-state index contributed by atoms with van der Waals surface area (Å²) >= 11 is 2.20. The average molecular weight is 632 g/mol. The van der Waals surface area contributed by atoms with Crippen LogP contribution in [0.25, 0.3) is 0 Å². The predicted octanol–water partition coefficient (Wildman–Crippen LogP) is 8.37. The molecule has 206 valence electrons. The molecule has 1 aromatic carbocycles. The predicted molar refractivity (Wildman–Crippen MR) is 160 cm³/mol. The zero-order chi connectivity index (χ0) is 26.7. The summed E-state index contributed by atoms with van der Waals surface area (Å²) in [5, 5.41) is 0. The normalized spacial score (nSPS) is 19.6. The van der Waals surface area contributed by atoms with Gasteiger partial charge in [0.1, 0.15) is 16.7 Å². The van der Waals surface area contributed by atoms with Crippen molar-refractivity contribution in [2.45, 2.75) is 128 Å². The molecule has 1 aliphatic heterocycles. The van der Waals surface area contributed by atoms with Crippen LogP contribution in [0.4, 0.5) is 0 Å². The molecule has 1 heterocycles. The number of hydrogen-bond acceptors (Lipinski definition) is 3. The van der Waals surface area contributed by atoms with Gasteiger partial charge in [-0.2, -0.15) is 0 Å². The second-order valence-electron chi connectivity index (χ2n) is 10.6. The van der Waals surface area contributed by atoms with Gasteiger partial charge in [0, 0.05) is 22.6 Å². The van der Waals surface area contributed by atoms with E-state index in [1.54, 1.807) is 12.1 Å². The molecule has 0 radical (unpaired) electrons. The van der Waals surface area contributed by atoms with E-state index in [9.17, 15) is 13.0 Å². The Bertz CT molecular complexity index is 860. The number of likely N-dealkylation sites (tertiary alicyclic amines) is 1. The minimum absolute atomic E-state index is 0.178. The van der Waals surface area contributed by atoms with Crippen LogP contribution in [0.1, 0.15) is 116 Å². The van der Waals surface area contributed by atoms with Crippen LogP contribution >= 0.6 is 22.6 Å². The Morgan fingerprint density at radius 3 is 1.92 bits per heavy atom. The summed E-state index contributed by atoms with van der Waals surface area (Å²) in [7, 11) is -4.27. The fourth-order valence-electron chi connectivity index (χ4n) is 5.17. The van der Waals surface area contributed by atoms with Gasteiger partial charge in [0.05, 0.1) is 24.0 Å². The Morgan fingerprint density at radius 2 is 1.44 bits per heavy atom. The molecule has 6 heteroatoms. The molecule has 1 saturated heterocycles. The third-order valence-corrected chi connectivity index (χ3v) is 8.87. The highest BCUT2D eigenvalue weighted by atomic mass is 127. The molecule has 1 fully saturated rings. The third kappa shape index (κ3) is 14.4. The van der Waals surface area contributed by atoms with Gasteiger partial charge in [-0.05, 0) is 67.9 Å². The summed E-state index contributed by atoms with van der Waals surface area (Å²) in [6.45, 7) is 10.4. The Morgan fingerprint density at radius 1 is 0.917 bits per heavy atom. The number of quaternary nitrogens is 1. The van der Waals surface area contributed by atoms with Crippen LogP contribution in [-0.4, -0.2) is 43.1 Å². The van der Waals surface area contributed by atoms with Crippen molar-refractivity contribution in [2.24, 2.45) is 0 Å². The maximum absolute atomic E-state index is 10.4. The molecule has 1 aliphatic rings. The number of benzene rings is 1. The number of halogens is 1. The first-order chi connectivity index (χ1) is 17.2. The lowest BCUT2D eigenvalue weighted by Gasteiger charge is -2.45. The van der Waals surface area contributed by atoms with E-state index >= 15 is 0 Å². The summed E-state index contributed by atoms with van der Waals surface area (Å²) in [4.78, 5) is -0.178. The van der Waals surface area contributed by atoms with E-state index in [4.69, 9.17) is 0 Å². The molecule has 0 bridgehead atoms. The topological polar surface area (TPSA) is 57.2 Å². The van der Waals surface area contributed by atoms with Crippen LogP contribution in [-0.2, 0) is 10.1 Å². The quantitative estimate of drug-likeness (QED) is 0.0643. The molecule has 4 nitrogen and oxygen atoms in total. The lowest BCUT2D eigenvalue weighted by molar-refractivity contribution is -0.948. The van der Waals surface area contributed by atoms with Crippen molar-refractivity contribution in [1.82, 2.24) is 0 Å². The summed E-state index contributed by atoms with van der Waals surface area (Å²) in [5.41, 5.74) is 0.928. The van der Waals surface area contributed by atoms with Crippen LogP contribution in [0.5, 0.6) is 0 Å². The molecule has 2 atom stereocenters. The minimum atomic E-state index is -4.27. The standard InChI is InChI=1S/C23H43IN.C7H8O3S/c1-3-4-5-6-7-8-9-10-11-12-13-15-20-25(22-17-19-24)21-16-14-18-23(25)2;1-6-2-4-7(5-3-6)11(8,9)10/h23H,3-16,18,20-22H2,1-2H3;2-5H,1H3,(H,8,9,10)/q+1;/p-1. The van der Waals surface area contributed by atoms with Crippen LogP contribution in [0.2, 0.25) is 0 Å². The van der Waals surface area contributed by atoms with E-state index in [0.717, 1.165) is 18.2 Å². The van der Waals surface area contributed by atoms with Gasteiger partial charge in [0.15, 0.2) is 0 Å². The lowest BCUT2D eigenvalue weighted by Crippen LogP contribution is -2.57. The second-order valence-corrected chi connectivity index (χ2v) is 12.5. The summed E-state index contributed by atoms with van der Waals surface area (Å²) in [6.07, 6.45) is 21.6. The van der Waals surface area contributed by atoms with E-state index in [0.29, 0.717) is 0 Å². The average Bonchev–Trinajstić information content (AvgIpc) is 2.85. The van der Waals surface area contributed by atoms with Crippen molar-refractivity contribution in [3.8, 4) is 9.85 Å². The van der Waals surface area contributed by atoms with E-state index in [-0.39, 0.29) is 4.90 Å². The molecule has 0 aromatic heterocycles. The Kier molecular flexibility index (Phi) is 18.0. The molecule has 0 aliphatic carbocycles. The van der Waals surface area contributed by atoms with Gasteiger partial charge in [-0.15, -0.1) is 0 Å². The highest BCUT2D eigenvalue weighted by Gasteiger charge is 2.35. The van der Waals surface area contributed by atoms with Gasteiger partial charge < -0.3 is 9.04 Å². The van der Waals surface area contributed by atoms with E-state index in [1.807, 2.05) is 6.92 Å². The van der Waals surface area contributed by atoms with Crippen molar-refractivity contribution in [3.63, 3.8) is 0 Å². The van der Waals surface area contributed by atoms with Crippen molar-refractivity contribution in [3.05, 3.63) is 29.8 Å². The Labute approximate surface area is 236 Å². The van der Waals surface area contributed by atoms with Crippen molar-refractivity contribution < 1.29 is 17.5 Å². The first kappa shape index (κ1) is 33.4. The number of nitrogens with zero attached hydrogens (tertiary/aromatic N) is 1. The van der Waals surface area contributed by atoms with Gasteiger partial charge in [-0.3, -0.25) is 0 Å². The van der Waals surface area contributed by atoms with Gasteiger partial charge in [0.2, 0.25) is 0 Å². The largest absolute Gasteiger partial charge is 0.744 e. The number of unbranched alkanes of at least 4 members (excludes halogenated alkanes) is 11. The lowest BCUT2D eigenvalue weighted by atomic mass is 9.98. The molecule has 0 amide bonds. The van der Waals surface area contributed by atoms with Crippen molar-refractivity contribution >= 4 is 32.7 Å². The Hall–Kier alpha value is -0.620. The second kappa shape index (κ2) is 19.4. The Balaban J connectivity index is 0.000000488. The number of hydrogen-bond donors (Lipinski definition) is 0. The molecular formula is C30H50INO3S. The fraction of sp³-hybridized carbons (Fsp3) is 0.733. The zero-order valence-corrected chi connectivity index (χ0v) is 26.0. The van der Waals surface area contributed by atoms with E-state index in [2.05, 4.69) is 46.3 Å². The van der Waals surface area contributed by atoms with Gasteiger partial charge in [0.25, 0.3) is 0 Å². The molecule has 1 aromatic rings. The van der Waals surface area contributed by atoms with Gasteiger partial charge in [-0.1, -0.05) is 88.8 Å². The highest BCUT2D eigenvalue weighted by Crippen LogP contribution is 2.26. The first-order valence-electron chi connectivity index (χ1n) is 14.2. The van der Waals surface area contributed by atoms with Gasteiger partial charge in [-0.25, -0.2) is 8.42 Å². The summed E-state index contributed by atoms with van der Waals surface area (Å²) in [5.74, 6) is 3.39. The van der Waals surface area contributed by atoms with Gasteiger partial charge >= 0.3 is 0 Å². The van der Waals surface area contributed by atoms with Crippen LogP contribution in [0, 0.1) is 16.8 Å². The molecule has 36 heavy (non-hydrogen) atoms. The number of piperidine rings is 1. The SMILES string of the molecule is CCCCCCCCCCCCCC[N+]1(CC#CI)CCCCC1C.Cc1ccc(S(=O)(=O)[O-])cc1.